The molecule has 0 bridgehead atoms. The Morgan fingerprint density at radius 2 is 2.26 bits per heavy atom. The number of thiocarbonyl (C=S) groups is 1. The van der Waals surface area contributed by atoms with E-state index in [9.17, 15) is 4.79 Å². The van der Waals surface area contributed by atoms with Crippen LogP contribution in [0, 0.1) is 0 Å². The third-order valence-electron chi connectivity index (χ3n) is 2.96. The van der Waals surface area contributed by atoms with E-state index in [0.717, 1.165) is 10.9 Å². The summed E-state index contributed by atoms with van der Waals surface area (Å²) in [4.78, 5) is 16.2. The van der Waals surface area contributed by atoms with E-state index >= 15 is 0 Å². The molecule has 0 radical (unpaired) electrons. The molecule has 1 fully saturated rings. The highest BCUT2D eigenvalue weighted by Crippen LogP contribution is 2.35. The SMILES string of the molecule is COc1ccc2ncccc2c1C1OC(=S)NC1=O. The van der Waals surface area contributed by atoms with Crippen molar-refractivity contribution in [1.82, 2.24) is 10.3 Å². The van der Waals surface area contributed by atoms with Crippen molar-refractivity contribution in [3.05, 3.63) is 36.0 Å². The molecule has 96 valence electrons. The summed E-state index contributed by atoms with van der Waals surface area (Å²) in [6.07, 6.45) is 0.897. The van der Waals surface area contributed by atoms with Gasteiger partial charge in [0.25, 0.3) is 11.1 Å². The van der Waals surface area contributed by atoms with E-state index in [1.807, 2.05) is 12.1 Å². The highest BCUT2D eigenvalue weighted by molar-refractivity contribution is 7.80. The van der Waals surface area contributed by atoms with Gasteiger partial charge in [0.05, 0.1) is 18.2 Å². The zero-order chi connectivity index (χ0) is 13.4. The zero-order valence-electron chi connectivity index (χ0n) is 10.0. The van der Waals surface area contributed by atoms with Gasteiger partial charge in [-0.2, -0.15) is 0 Å². The van der Waals surface area contributed by atoms with Crippen molar-refractivity contribution in [3.8, 4) is 5.75 Å². The number of carbonyl (C=O) groups excluding carboxylic acids is 1. The van der Waals surface area contributed by atoms with Gasteiger partial charge in [0.15, 0.2) is 0 Å². The van der Waals surface area contributed by atoms with E-state index in [0.29, 0.717) is 11.3 Å². The maximum absolute atomic E-state index is 11.9. The Morgan fingerprint density at radius 3 is 2.95 bits per heavy atom. The van der Waals surface area contributed by atoms with Gasteiger partial charge in [-0.15, -0.1) is 0 Å². The first-order valence-corrected chi connectivity index (χ1v) is 6.04. The summed E-state index contributed by atoms with van der Waals surface area (Å²) >= 11 is 4.86. The van der Waals surface area contributed by atoms with Gasteiger partial charge in [-0.1, -0.05) is 6.07 Å². The number of methoxy groups -OCH3 is 1. The van der Waals surface area contributed by atoms with E-state index in [4.69, 9.17) is 21.7 Å². The maximum Gasteiger partial charge on any atom is 0.273 e. The highest BCUT2D eigenvalue weighted by atomic mass is 32.1. The number of nitrogens with one attached hydrogen (secondary N) is 1. The van der Waals surface area contributed by atoms with Gasteiger partial charge >= 0.3 is 0 Å². The van der Waals surface area contributed by atoms with E-state index < -0.39 is 6.10 Å². The fraction of sp³-hybridized carbons (Fsp3) is 0.154. The Labute approximate surface area is 114 Å². The van der Waals surface area contributed by atoms with E-state index in [1.54, 1.807) is 25.4 Å². The number of benzene rings is 1. The molecular formula is C13H10N2O3S. The molecule has 2 heterocycles. The van der Waals surface area contributed by atoms with Crippen molar-refractivity contribution in [2.45, 2.75) is 6.10 Å². The fourth-order valence-corrected chi connectivity index (χ4v) is 2.35. The fourth-order valence-electron chi connectivity index (χ4n) is 2.15. The summed E-state index contributed by atoms with van der Waals surface area (Å²) in [7, 11) is 1.55. The van der Waals surface area contributed by atoms with Crippen LogP contribution in [0.4, 0.5) is 0 Å². The van der Waals surface area contributed by atoms with Crippen LogP contribution in [0.15, 0.2) is 30.5 Å². The second-order valence-corrected chi connectivity index (χ2v) is 4.40. The quantitative estimate of drug-likeness (QED) is 0.845. The van der Waals surface area contributed by atoms with Crippen LogP contribution < -0.4 is 10.1 Å². The summed E-state index contributed by atoms with van der Waals surface area (Å²) < 4.78 is 10.7. The molecule has 1 aromatic carbocycles. The molecule has 5 nitrogen and oxygen atoms in total. The number of amides is 1. The molecule has 1 amide bonds. The Hall–Kier alpha value is -2.21. The van der Waals surface area contributed by atoms with Crippen LogP contribution in [0.5, 0.6) is 5.75 Å². The van der Waals surface area contributed by atoms with E-state index in [-0.39, 0.29) is 11.1 Å². The molecule has 1 saturated heterocycles. The van der Waals surface area contributed by atoms with Crippen LogP contribution in [0.25, 0.3) is 10.9 Å². The first kappa shape index (κ1) is 11.9. The van der Waals surface area contributed by atoms with Crippen LogP contribution >= 0.6 is 12.2 Å². The van der Waals surface area contributed by atoms with Crippen molar-refractivity contribution >= 4 is 34.2 Å². The number of fused-ring (bicyclic) bond motifs is 1. The molecular weight excluding hydrogens is 264 g/mol. The average Bonchev–Trinajstić information content (AvgIpc) is 2.76. The molecule has 2 aromatic rings. The van der Waals surface area contributed by atoms with Gasteiger partial charge in [0, 0.05) is 11.6 Å². The van der Waals surface area contributed by atoms with Crippen LogP contribution in [-0.4, -0.2) is 23.2 Å². The summed E-state index contributed by atoms with van der Waals surface area (Å²) in [6.45, 7) is 0. The minimum absolute atomic E-state index is 0.0814. The van der Waals surface area contributed by atoms with Crippen molar-refractivity contribution in [2.24, 2.45) is 0 Å². The molecule has 0 aliphatic carbocycles. The summed E-state index contributed by atoms with van der Waals surface area (Å²) in [5, 5.41) is 3.37. The van der Waals surface area contributed by atoms with Gasteiger partial charge in [-0.05, 0) is 30.4 Å². The standard InChI is InChI=1S/C13H10N2O3S/c1-17-9-5-4-8-7(3-2-6-14-8)10(9)11-12(16)15-13(19)18-11/h2-6,11H,1H3,(H,15,16,19). The third-order valence-corrected chi connectivity index (χ3v) is 3.16. The highest BCUT2D eigenvalue weighted by Gasteiger charge is 2.35. The van der Waals surface area contributed by atoms with Gasteiger partial charge in [-0.25, -0.2) is 0 Å². The molecule has 1 aliphatic heterocycles. The minimum atomic E-state index is -0.796. The predicted molar refractivity (Wildman–Crippen MR) is 72.9 cm³/mol. The second-order valence-electron chi connectivity index (χ2n) is 4.03. The second kappa shape index (κ2) is 4.47. The van der Waals surface area contributed by atoms with Crippen LogP contribution in [0.3, 0.4) is 0 Å². The number of rotatable bonds is 2. The van der Waals surface area contributed by atoms with Crippen LogP contribution in [0.1, 0.15) is 11.7 Å². The minimum Gasteiger partial charge on any atom is -0.496 e. The lowest BCUT2D eigenvalue weighted by Crippen LogP contribution is -2.20. The molecule has 6 heteroatoms. The number of aromatic nitrogens is 1. The first-order valence-electron chi connectivity index (χ1n) is 5.64. The number of hydrogen-bond acceptors (Lipinski definition) is 5. The van der Waals surface area contributed by atoms with E-state index in [2.05, 4.69) is 10.3 Å². The first-order chi connectivity index (χ1) is 9.20. The molecule has 0 saturated carbocycles. The number of pyridine rings is 1. The number of ether oxygens (including phenoxy) is 2. The summed E-state index contributed by atoms with van der Waals surface area (Å²) in [5.41, 5.74) is 1.41. The summed E-state index contributed by atoms with van der Waals surface area (Å²) in [6, 6.07) is 7.28. The van der Waals surface area contributed by atoms with Gasteiger partial charge < -0.3 is 9.47 Å². The van der Waals surface area contributed by atoms with Crippen LogP contribution in [0.2, 0.25) is 0 Å². The van der Waals surface area contributed by atoms with Crippen molar-refractivity contribution in [3.63, 3.8) is 0 Å². The van der Waals surface area contributed by atoms with Crippen LogP contribution in [-0.2, 0) is 9.53 Å². The maximum atomic E-state index is 11.9. The molecule has 0 spiro atoms. The van der Waals surface area contributed by atoms with Gasteiger partial charge in [-0.3, -0.25) is 15.1 Å². The Morgan fingerprint density at radius 1 is 1.42 bits per heavy atom. The largest absolute Gasteiger partial charge is 0.496 e. The van der Waals surface area contributed by atoms with Gasteiger partial charge in [0.2, 0.25) is 6.10 Å². The predicted octanol–water partition coefficient (Wildman–Crippen LogP) is 1.72. The Kier molecular flexibility index (Phi) is 2.79. The van der Waals surface area contributed by atoms with Crippen molar-refractivity contribution in [1.29, 1.82) is 0 Å². The molecule has 19 heavy (non-hydrogen) atoms. The molecule has 1 atom stereocenters. The number of nitrogens with zero attached hydrogens (tertiary/aromatic N) is 1. The lowest BCUT2D eigenvalue weighted by molar-refractivity contribution is -0.123. The summed E-state index contributed by atoms with van der Waals surface area (Å²) in [5.74, 6) is 0.282. The number of hydrogen-bond donors (Lipinski definition) is 1. The molecule has 1 aliphatic rings. The normalized spacial score (nSPS) is 18.3. The zero-order valence-corrected chi connectivity index (χ0v) is 10.9. The lowest BCUT2D eigenvalue weighted by atomic mass is 10.0. The van der Waals surface area contributed by atoms with Gasteiger partial charge in [0.1, 0.15) is 5.75 Å². The monoisotopic (exact) mass is 274 g/mol. The van der Waals surface area contributed by atoms with Crippen molar-refractivity contribution in [2.75, 3.05) is 7.11 Å². The number of carbonyl (C=O) groups is 1. The Bertz CT molecular complexity index is 687. The molecule has 3 rings (SSSR count). The third kappa shape index (κ3) is 1.90. The van der Waals surface area contributed by atoms with Crippen molar-refractivity contribution < 1.29 is 14.3 Å². The molecule has 1 unspecified atom stereocenters. The Balaban J connectivity index is 2.25. The van der Waals surface area contributed by atoms with E-state index in [1.165, 1.54) is 0 Å². The molecule has 1 aromatic heterocycles. The lowest BCUT2D eigenvalue weighted by Gasteiger charge is -2.14. The topological polar surface area (TPSA) is 60.5 Å². The molecule has 1 N–H and O–H groups in total. The average molecular weight is 274 g/mol. The smallest absolute Gasteiger partial charge is 0.273 e.